The molecule has 0 radical (unpaired) electrons. The number of piperidine rings is 1. The van der Waals surface area contributed by atoms with E-state index in [4.69, 9.17) is 14.5 Å². The zero-order valence-electron chi connectivity index (χ0n) is 18.6. The van der Waals surface area contributed by atoms with Crippen LogP contribution in [0.1, 0.15) is 30.1 Å². The minimum Gasteiger partial charge on any atom is -0.497 e. The first-order chi connectivity index (χ1) is 16.1. The fourth-order valence-electron chi connectivity index (χ4n) is 4.30. The highest BCUT2D eigenvalue weighted by Gasteiger charge is 2.28. The minimum absolute atomic E-state index is 0.00386. The minimum atomic E-state index is -0.151. The molecule has 8 heteroatoms. The quantitative estimate of drug-likeness (QED) is 0.403. The Bertz CT molecular complexity index is 1320. The Morgan fingerprint density at radius 1 is 1.12 bits per heavy atom. The van der Waals surface area contributed by atoms with Gasteiger partial charge in [-0.2, -0.15) is 0 Å². The molecule has 0 unspecified atom stereocenters. The molecule has 33 heavy (non-hydrogen) atoms. The first-order valence-electron chi connectivity index (χ1n) is 11.1. The molecule has 4 aromatic rings. The summed E-state index contributed by atoms with van der Waals surface area (Å²) in [6, 6.07) is 13.6. The second-order valence-electron chi connectivity index (χ2n) is 8.11. The van der Waals surface area contributed by atoms with E-state index in [1.54, 1.807) is 18.4 Å². The largest absolute Gasteiger partial charge is 0.497 e. The molecule has 2 aromatic carbocycles. The highest BCUT2D eigenvalue weighted by molar-refractivity contribution is 7.23. The van der Waals surface area contributed by atoms with Crippen molar-refractivity contribution in [3.05, 3.63) is 54.2 Å². The number of esters is 1. The van der Waals surface area contributed by atoms with Gasteiger partial charge in [0.1, 0.15) is 5.75 Å². The lowest BCUT2D eigenvalue weighted by atomic mass is 9.96. The summed E-state index contributed by atoms with van der Waals surface area (Å²) >= 11 is 1.57. The molecule has 0 aliphatic carbocycles. The van der Waals surface area contributed by atoms with Gasteiger partial charge in [-0.05, 0) is 62.2 Å². The van der Waals surface area contributed by atoms with E-state index < -0.39 is 0 Å². The molecular formula is C25H25N3O4S. The normalized spacial score (nSPS) is 14.7. The Labute approximate surface area is 195 Å². The standard InChI is InChI=1S/C25H25N3O4S/c1-3-32-24(30)17-10-12-27(13-11-17)23(29)18-6-9-21-22(14-18)33-25-26-20(15-28(21)25)16-4-7-19(31-2)8-5-16/h4-9,14-15,17H,3,10-13H2,1-2H3. The van der Waals surface area contributed by atoms with E-state index in [0.29, 0.717) is 38.1 Å². The van der Waals surface area contributed by atoms with Crippen molar-refractivity contribution in [2.24, 2.45) is 5.92 Å². The first-order valence-corrected chi connectivity index (χ1v) is 11.9. The number of rotatable bonds is 5. The Morgan fingerprint density at radius 2 is 1.88 bits per heavy atom. The van der Waals surface area contributed by atoms with Gasteiger partial charge < -0.3 is 14.4 Å². The number of ether oxygens (including phenoxy) is 2. The van der Waals surface area contributed by atoms with E-state index in [0.717, 1.165) is 32.2 Å². The summed E-state index contributed by atoms with van der Waals surface area (Å²) < 4.78 is 13.4. The topological polar surface area (TPSA) is 73.1 Å². The van der Waals surface area contributed by atoms with Gasteiger partial charge in [-0.25, -0.2) is 4.98 Å². The lowest BCUT2D eigenvalue weighted by molar-refractivity contribution is -0.149. The van der Waals surface area contributed by atoms with Gasteiger partial charge in [0.05, 0.1) is 35.5 Å². The van der Waals surface area contributed by atoms with Gasteiger partial charge in [-0.15, -0.1) is 0 Å². The predicted molar refractivity (Wildman–Crippen MR) is 128 cm³/mol. The summed E-state index contributed by atoms with van der Waals surface area (Å²) in [6.07, 6.45) is 3.32. The molecule has 5 rings (SSSR count). The van der Waals surface area contributed by atoms with Crippen LogP contribution in [0.2, 0.25) is 0 Å². The molecule has 1 aliphatic heterocycles. The van der Waals surface area contributed by atoms with Gasteiger partial charge in [0.25, 0.3) is 5.91 Å². The molecule has 1 fully saturated rings. The average molecular weight is 464 g/mol. The number of hydrogen-bond acceptors (Lipinski definition) is 6. The van der Waals surface area contributed by atoms with Crippen molar-refractivity contribution in [1.29, 1.82) is 0 Å². The number of imidazole rings is 1. The molecular weight excluding hydrogens is 438 g/mol. The number of carbonyl (C=O) groups is 2. The first kappa shape index (κ1) is 21.5. The third kappa shape index (κ3) is 4.06. The van der Waals surface area contributed by atoms with E-state index >= 15 is 0 Å². The summed E-state index contributed by atoms with van der Waals surface area (Å²) in [7, 11) is 1.65. The molecule has 1 saturated heterocycles. The van der Waals surface area contributed by atoms with Crippen LogP contribution in [0.3, 0.4) is 0 Å². The molecule has 0 N–H and O–H groups in total. The van der Waals surface area contributed by atoms with Gasteiger partial charge in [0.2, 0.25) is 0 Å². The number of carbonyl (C=O) groups excluding carboxylic acids is 2. The number of methoxy groups -OCH3 is 1. The van der Waals surface area contributed by atoms with E-state index in [-0.39, 0.29) is 17.8 Å². The van der Waals surface area contributed by atoms with Gasteiger partial charge in [-0.3, -0.25) is 14.0 Å². The molecule has 3 heterocycles. The Morgan fingerprint density at radius 3 is 2.58 bits per heavy atom. The van der Waals surface area contributed by atoms with E-state index in [1.165, 1.54) is 0 Å². The van der Waals surface area contributed by atoms with Gasteiger partial charge in [0.15, 0.2) is 4.96 Å². The Balaban J connectivity index is 1.34. The molecule has 2 aromatic heterocycles. The monoisotopic (exact) mass is 463 g/mol. The summed E-state index contributed by atoms with van der Waals surface area (Å²) in [5.74, 6) is 0.556. The third-order valence-corrected chi connectivity index (χ3v) is 7.15. The van der Waals surface area contributed by atoms with Crippen LogP contribution in [-0.2, 0) is 9.53 Å². The highest BCUT2D eigenvalue weighted by Crippen LogP contribution is 2.31. The predicted octanol–water partition coefficient (Wildman–Crippen LogP) is 4.64. The van der Waals surface area contributed by atoms with Crippen LogP contribution >= 0.6 is 11.3 Å². The number of fused-ring (bicyclic) bond motifs is 3. The Hall–Kier alpha value is -3.39. The van der Waals surface area contributed by atoms with Crippen LogP contribution in [0.25, 0.3) is 26.4 Å². The van der Waals surface area contributed by atoms with Crippen molar-refractivity contribution >= 4 is 38.4 Å². The van der Waals surface area contributed by atoms with Crippen LogP contribution in [0.4, 0.5) is 0 Å². The van der Waals surface area contributed by atoms with Crippen molar-refractivity contribution in [2.75, 3.05) is 26.8 Å². The zero-order chi connectivity index (χ0) is 22.9. The maximum Gasteiger partial charge on any atom is 0.309 e. The zero-order valence-corrected chi connectivity index (χ0v) is 19.4. The van der Waals surface area contributed by atoms with Crippen molar-refractivity contribution < 1.29 is 19.1 Å². The van der Waals surface area contributed by atoms with E-state index in [9.17, 15) is 9.59 Å². The summed E-state index contributed by atoms with van der Waals surface area (Å²) in [5, 5.41) is 0. The smallest absolute Gasteiger partial charge is 0.309 e. The summed E-state index contributed by atoms with van der Waals surface area (Å²) in [5.41, 5.74) is 3.62. The molecule has 1 aliphatic rings. The molecule has 0 atom stereocenters. The highest BCUT2D eigenvalue weighted by atomic mass is 32.1. The second kappa shape index (κ2) is 8.86. The maximum absolute atomic E-state index is 13.1. The fourth-order valence-corrected chi connectivity index (χ4v) is 5.34. The molecule has 1 amide bonds. The molecule has 0 spiro atoms. The number of likely N-dealkylation sites (tertiary alicyclic amines) is 1. The SMILES string of the molecule is CCOC(=O)C1CCN(C(=O)c2ccc3c(c2)sc2nc(-c4ccc(OC)cc4)cn23)CC1. The van der Waals surface area contributed by atoms with Crippen molar-refractivity contribution in [3.8, 4) is 17.0 Å². The lowest BCUT2D eigenvalue weighted by Gasteiger charge is -2.31. The van der Waals surface area contributed by atoms with E-state index in [1.807, 2.05) is 60.5 Å². The number of amides is 1. The van der Waals surface area contributed by atoms with Crippen LogP contribution in [-0.4, -0.2) is 53.0 Å². The molecule has 0 saturated carbocycles. The van der Waals surface area contributed by atoms with Crippen molar-refractivity contribution in [1.82, 2.24) is 14.3 Å². The van der Waals surface area contributed by atoms with Gasteiger partial charge in [0, 0.05) is 30.4 Å². The molecule has 7 nitrogen and oxygen atoms in total. The summed E-state index contributed by atoms with van der Waals surface area (Å²) in [6.45, 7) is 3.34. The van der Waals surface area contributed by atoms with Crippen LogP contribution < -0.4 is 4.74 Å². The van der Waals surface area contributed by atoms with Crippen LogP contribution in [0.15, 0.2) is 48.7 Å². The summed E-state index contributed by atoms with van der Waals surface area (Å²) in [4.78, 5) is 32.5. The van der Waals surface area contributed by atoms with Gasteiger partial charge >= 0.3 is 5.97 Å². The van der Waals surface area contributed by atoms with Crippen LogP contribution in [0, 0.1) is 5.92 Å². The average Bonchev–Trinajstić information content (AvgIpc) is 3.41. The second-order valence-corrected chi connectivity index (χ2v) is 9.12. The lowest BCUT2D eigenvalue weighted by Crippen LogP contribution is -2.40. The van der Waals surface area contributed by atoms with Crippen LogP contribution in [0.5, 0.6) is 5.75 Å². The van der Waals surface area contributed by atoms with E-state index in [2.05, 4.69) is 4.40 Å². The number of benzene rings is 2. The third-order valence-electron chi connectivity index (χ3n) is 6.13. The maximum atomic E-state index is 13.1. The number of nitrogens with zero attached hydrogens (tertiary/aromatic N) is 3. The number of hydrogen-bond donors (Lipinski definition) is 0. The molecule has 170 valence electrons. The fraction of sp³-hybridized carbons (Fsp3) is 0.320. The molecule has 0 bridgehead atoms. The van der Waals surface area contributed by atoms with Gasteiger partial charge in [-0.1, -0.05) is 11.3 Å². The van der Waals surface area contributed by atoms with Crippen molar-refractivity contribution in [2.45, 2.75) is 19.8 Å². The number of aromatic nitrogens is 2. The Kier molecular flexibility index (Phi) is 5.76. The van der Waals surface area contributed by atoms with Crippen molar-refractivity contribution in [3.63, 3.8) is 0 Å². The number of thiazole rings is 1.